The lowest BCUT2D eigenvalue weighted by molar-refractivity contribution is 0.305. The molecule has 0 spiro atoms. The van der Waals surface area contributed by atoms with E-state index < -0.39 is 0 Å². The van der Waals surface area contributed by atoms with Gasteiger partial charge in [0, 0.05) is 10.0 Å². The molecule has 7 heteroatoms. The molecule has 4 aromatic carbocycles. The molecular formula is C27H19BrFN3O2. The summed E-state index contributed by atoms with van der Waals surface area (Å²) in [6.45, 7) is 1.94. The van der Waals surface area contributed by atoms with Crippen molar-refractivity contribution in [2.45, 2.75) is 13.5 Å². The number of halogens is 2. The summed E-state index contributed by atoms with van der Waals surface area (Å²) in [7, 11) is 0. The van der Waals surface area contributed by atoms with Crippen LogP contribution in [-0.2, 0) is 6.61 Å². The van der Waals surface area contributed by atoms with Gasteiger partial charge in [-0.15, -0.1) is 0 Å². The number of nitrogens with zero attached hydrogens (tertiary/aromatic N) is 3. The van der Waals surface area contributed by atoms with Crippen LogP contribution < -0.4 is 10.3 Å². The number of fused-ring (bicyclic) bond motifs is 2. The molecule has 5 rings (SSSR count). The van der Waals surface area contributed by atoms with Gasteiger partial charge in [0.2, 0.25) is 0 Å². The second-order valence-corrected chi connectivity index (χ2v) is 8.71. The summed E-state index contributed by atoms with van der Waals surface area (Å²) in [5.74, 6) is 0.735. The van der Waals surface area contributed by atoms with Crippen molar-refractivity contribution in [3.05, 3.63) is 116 Å². The Morgan fingerprint density at radius 3 is 2.74 bits per heavy atom. The van der Waals surface area contributed by atoms with E-state index in [1.807, 2.05) is 42.5 Å². The van der Waals surface area contributed by atoms with Crippen LogP contribution in [0.2, 0.25) is 0 Å². The number of hydrogen-bond donors (Lipinski definition) is 0. The Morgan fingerprint density at radius 1 is 1.03 bits per heavy atom. The van der Waals surface area contributed by atoms with Gasteiger partial charge in [-0.05, 0) is 59.7 Å². The average Bonchev–Trinajstić information content (AvgIpc) is 2.83. The second kappa shape index (κ2) is 9.19. The first-order valence-corrected chi connectivity index (χ1v) is 11.4. The maximum Gasteiger partial charge on any atom is 0.282 e. The maximum absolute atomic E-state index is 13.6. The minimum absolute atomic E-state index is 0.196. The van der Waals surface area contributed by atoms with Gasteiger partial charge >= 0.3 is 0 Å². The Labute approximate surface area is 203 Å². The summed E-state index contributed by atoms with van der Waals surface area (Å²) in [5.41, 5.74) is 1.78. The predicted octanol–water partition coefficient (Wildman–Crippen LogP) is 6.22. The number of rotatable bonds is 5. The molecule has 0 aliphatic carbocycles. The van der Waals surface area contributed by atoms with Gasteiger partial charge in [0.25, 0.3) is 5.56 Å². The topological polar surface area (TPSA) is 56.5 Å². The number of aryl methyl sites for hydroxylation is 1. The Morgan fingerprint density at radius 2 is 1.88 bits per heavy atom. The summed E-state index contributed by atoms with van der Waals surface area (Å²) in [6, 6.07) is 23.3. The summed E-state index contributed by atoms with van der Waals surface area (Å²) in [6.07, 6.45) is 1.61. The molecule has 0 radical (unpaired) electrons. The van der Waals surface area contributed by atoms with Crippen molar-refractivity contribution in [1.82, 2.24) is 9.66 Å². The van der Waals surface area contributed by atoms with Gasteiger partial charge in [0.05, 0.1) is 17.1 Å². The molecule has 0 atom stereocenters. The van der Waals surface area contributed by atoms with Gasteiger partial charge in [-0.3, -0.25) is 4.79 Å². The van der Waals surface area contributed by atoms with Gasteiger partial charge in [-0.25, -0.2) is 9.37 Å². The molecule has 168 valence electrons. The standard InChI is InChI=1S/C27H19BrFN3O2/c1-17-31-25-11-10-20(28)14-23(25)27(33)32(17)30-15-24-22-8-3-2-6-19(22)9-12-26(24)34-16-18-5-4-7-21(29)13-18/h2-15H,16H2,1H3. The van der Waals surface area contributed by atoms with Crippen LogP contribution in [0.3, 0.4) is 0 Å². The molecule has 5 nitrogen and oxygen atoms in total. The molecule has 5 aromatic rings. The van der Waals surface area contributed by atoms with Gasteiger partial charge in [-0.2, -0.15) is 9.78 Å². The van der Waals surface area contributed by atoms with Crippen molar-refractivity contribution < 1.29 is 9.13 Å². The molecular weight excluding hydrogens is 497 g/mol. The monoisotopic (exact) mass is 515 g/mol. The molecule has 0 fully saturated rings. The first kappa shape index (κ1) is 22.0. The zero-order chi connectivity index (χ0) is 23.7. The highest BCUT2D eigenvalue weighted by Crippen LogP contribution is 2.27. The van der Waals surface area contributed by atoms with Crippen molar-refractivity contribution in [3.8, 4) is 5.75 Å². The molecule has 1 heterocycles. The fourth-order valence-corrected chi connectivity index (χ4v) is 4.19. The van der Waals surface area contributed by atoms with E-state index in [2.05, 4.69) is 26.0 Å². The van der Waals surface area contributed by atoms with Crippen LogP contribution in [0.15, 0.2) is 93.2 Å². The van der Waals surface area contributed by atoms with E-state index in [1.54, 1.807) is 37.4 Å². The molecule has 0 N–H and O–H groups in total. The number of ether oxygens (including phenoxy) is 1. The van der Waals surface area contributed by atoms with Crippen LogP contribution in [0.5, 0.6) is 5.75 Å². The fraction of sp³-hybridized carbons (Fsp3) is 0.0741. The average molecular weight is 516 g/mol. The van der Waals surface area contributed by atoms with Crippen LogP contribution >= 0.6 is 15.9 Å². The van der Waals surface area contributed by atoms with E-state index in [-0.39, 0.29) is 18.0 Å². The van der Waals surface area contributed by atoms with Crippen LogP contribution in [0, 0.1) is 12.7 Å². The molecule has 0 unspecified atom stereocenters. The zero-order valence-corrected chi connectivity index (χ0v) is 19.8. The van der Waals surface area contributed by atoms with E-state index >= 15 is 0 Å². The Kier molecular flexibility index (Phi) is 5.94. The lowest BCUT2D eigenvalue weighted by Crippen LogP contribution is -2.20. The third kappa shape index (κ3) is 4.34. The summed E-state index contributed by atoms with van der Waals surface area (Å²) < 4.78 is 21.7. The zero-order valence-electron chi connectivity index (χ0n) is 18.2. The Hall–Kier alpha value is -3.84. The predicted molar refractivity (Wildman–Crippen MR) is 136 cm³/mol. The van der Waals surface area contributed by atoms with Crippen LogP contribution in [0.4, 0.5) is 4.39 Å². The fourth-order valence-electron chi connectivity index (χ4n) is 3.83. The van der Waals surface area contributed by atoms with E-state index in [0.29, 0.717) is 28.0 Å². The maximum atomic E-state index is 13.6. The molecule has 1 aromatic heterocycles. The highest BCUT2D eigenvalue weighted by molar-refractivity contribution is 9.10. The normalized spacial score (nSPS) is 11.5. The second-order valence-electron chi connectivity index (χ2n) is 7.80. The largest absolute Gasteiger partial charge is 0.488 e. The first-order chi connectivity index (χ1) is 16.5. The highest BCUT2D eigenvalue weighted by atomic mass is 79.9. The van der Waals surface area contributed by atoms with Gasteiger partial charge in [0.15, 0.2) is 0 Å². The van der Waals surface area contributed by atoms with Crippen LogP contribution in [-0.4, -0.2) is 15.9 Å². The minimum Gasteiger partial charge on any atom is -0.488 e. The van der Waals surface area contributed by atoms with Crippen molar-refractivity contribution in [2.24, 2.45) is 5.10 Å². The van der Waals surface area contributed by atoms with E-state index in [9.17, 15) is 9.18 Å². The van der Waals surface area contributed by atoms with Crippen molar-refractivity contribution in [3.63, 3.8) is 0 Å². The third-order valence-corrected chi connectivity index (χ3v) is 5.98. The highest BCUT2D eigenvalue weighted by Gasteiger charge is 2.11. The molecule has 0 bridgehead atoms. The molecule has 0 saturated heterocycles. The summed E-state index contributed by atoms with van der Waals surface area (Å²) >= 11 is 3.41. The van der Waals surface area contributed by atoms with Crippen molar-refractivity contribution >= 4 is 43.8 Å². The lowest BCUT2D eigenvalue weighted by atomic mass is 10.0. The Balaban J connectivity index is 1.59. The number of aromatic nitrogens is 2. The minimum atomic E-state index is -0.313. The third-order valence-electron chi connectivity index (χ3n) is 5.49. The van der Waals surface area contributed by atoms with Crippen molar-refractivity contribution in [1.29, 1.82) is 0 Å². The summed E-state index contributed by atoms with van der Waals surface area (Å²) in [4.78, 5) is 17.7. The van der Waals surface area contributed by atoms with E-state index in [1.165, 1.54) is 16.8 Å². The molecule has 0 aliphatic rings. The van der Waals surface area contributed by atoms with E-state index in [4.69, 9.17) is 4.74 Å². The number of hydrogen-bond acceptors (Lipinski definition) is 4. The van der Waals surface area contributed by atoms with Gasteiger partial charge in [-0.1, -0.05) is 58.4 Å². The molecule has 0 amide bonds. The number of benzene rings is 4. The first-order valence-electron chi connectivity index (χ1n) is 10.6. The SMILES string of the molecule is Cc1nc2ccc(Br)cc2c(=O)n1N=Cc1c(OCc2cccc(F)c2)ccc2ccccc12. The van der Waals surface area contributed by atoms with E-state index in [0.717, 1.165) is 20.8 Å². The Bertz CT molecular complexity index is 1630. The summed E-state index contributed by atoms with van der Waals surface area (Å²) in [5, 5.41) is 6.89. The smallest absolute Gasteiger partial charge is 0.282 e. The lowest BCUT2D eigenvalue weighted by Gasteiger charge is -2.12. The van der Waals surface area contributed by atoms with Crippen LogP contribution in [0.25, 0.3) is 21.7 Å². The molecule has 34 heavy (non-hydrogen) atoms. The molecule has 0 saturated carbocycles. The van der Waals surface area contributed by atoms with Gasteiger partial charge < -0.3 is 4.74 Å². The van der Waals surface area contributed by atoms with Crippen LogP contribution in [0.1, 0.15) is 17.0 Å². The quantitative estimate of drug-likeness (QED) is 0.261. The van der Waals surface area contributed by atoms with Crippen molar-refractivity contribution in [2.75, 3.05) is 0 Å². The molecule has 0 aliphatic heterocycles. The van der Waals surface area contributed by atoms with Gasteiger partial charge in [0.1, 0.15) is 24.0 Å².